The largest absolute Gasteiger partial charge is 0.359 e. The van der Waals surface area contributed by atoms with Crippen molar-refractivity contribution in [3.05, 3.63) is 55.0 Å². The number of hydrogen-bond donors (Lipinski definition) is 0. The van der Waals surface area contributed by atoms with Crippen molar-refractivity contribution in [2.45, 2.75) is 56.0 Å². The van der Waals surface area contributed by atoms with Gasteiger partial charge < -0.3 is 4.74 Å². The van der Waals surface area contributed by atoms with Gasteiger partial charge in [0.05, 0.1) is 28.8 Å². The number of benzene rings is 1. The molecule has 0 bridgehead atoms. The summed E-state index contributed by atoms with van der Waals surface area (Å²) in [6.45, 7) is 9.67. The van der Waals surface area contributed by atoms with Crippen LogP contribution in [0, 0.1) is 14.9 Å². The molecule has 1 aliphatic rings. The van der Waals surface area contributed by atoms with Crippen LogP contribution >= 0.6 is 46.1 Å². The van der Waals surface area contributed by atoms with Gasteiger partial charge in [0.2, 0.25) is 0 Å². The minimum Gasteiger partial charge on any atom is -0.359 e. The zero-order chi connectivity index (χ0) is 22.6. The zero-order valence-electron chi connectivity index (χ0n) is 18.0. The SMILES string of the molecule is CC1N=C(SCc2ccc(I)cc2C#N)Sc2c1cnn(COCC[Si](C)(C)C)c2=O. The van der Waals surface area contributed by atoms with Crippen molar-refractivity contribution < 1.29 is 4.74 Å². The summed E-state index contributed by atoms with van der Waals surface area (Å²) in [7, 11) is -1.17. The summed E-state index contributed by atoms with van der Waals surface area (Å²) >= 11 is 5.15. The van der Waals surface area contributed by atoms with Crippen LogP contribution in [0.1, 0.15) is 29.7 Å². The van der Waals surface area contributed by atoms with Gasteiger partial charge in [0.25, 0.3) is 5.56 Å². The van der Waals surface area contributed by atoms with Gasteiger partial charge in [0.15, 0.2) is 0 Å². The first-order chi connectivity index (χ1) is 14.7. The Morgan fingerprint density at radius 2 is 2.16 bits per heavy atom. The first-order valence-electron chi connectivity index (χ1n) is 9.92. The fraction of sp³-hybridized carbons (Fsp3) is 0.429. The van der Waals surface area contributed by atoms with Crippen molar-refractivity contribution >= 4 is 58.6 Å². The molecular formula is C21H25IN4O2S2Si. The Balaban J connectivity index is 1.69. The van der Waals surface area contributed by atoms with E-state index in [2.05, 4.69) is 53.4 Å². The lowest BCUT2D eigenvalue weighted by atomic mass is 10.1. The Kier molecular flexibility index (Phi) is 8.42. The van der Waals surface area contributed by atoms with Gasteiger partial charge in [-0.05, 0) is 53.3 Å². The van der Waals surface area contributed by atoms with Gasteiger partial charge in [-0.25, -0.2) is 4.68 Å². The highest BCUT2D eigenvalue weighted by molar-refractivity contribution is 14.1. The van der Waals surface area contributed by atoms with E-state index >= 15 is 0 Å². The number of aromatic nitrogens is 2. The van der Waals surface area contributed by atoms with E-state index in [4.69, 9.17) is 9.73 Å². The third-order valence-corrected chi connectivity index (χ3v) is 9.40. The Morgan fingerprint density at radius 3 is 2.87 bits per heavy atom. The lowest BCUT2D eigenvalue weighted by molar-refractivity contribution is 0.0740. The maximum Gasteiger partial charge on any atom is 0.283 e. The number of ether oxygens (including phenoxy) is 1. The van der Waals surface area contributed by atoms with E-state index in [1.807, 2.05) is 25.1 Å². The molecule has 3 rings (SSSR count). The molecule has 0 aliphatic carbocycles. The number of rotatable bonds is 7. The smallest absolute Gasteiger partial charge is 0.283 e. The Hall–Kier alpha value is -1.13. The van der Waals surface area contributed by atoms with Crippen LogP contribution in [-0.4, -0.2) is 28.8 Å². The van der Waals surface area contributed by atoms with Crippen LogP contribution in [0.3, 0.4) is 0 Å². The molecule has 1 atom stereocenters. The number of aliphatic imine (C=N–C) groups is 1. The summed E-state index contributed by atoms with van der Waals surface area (Å²) in [5, 5.41) is 13.7. The minimum atomic E-state index is -1.17. The molecule has 2 aromatic rings. The molecule has 0 radical (unpaired) electrons. The van der Waals surface area contributed by atoms with Crippen LogP contribution in [0.25, 0.3) is 0 Å². The molecule has 31 heavy (non-hydrogen) atoms. The molecule has 0 fully saturated rings. The van der Waals surface area contributed by atoms with E-state index < -0.39 is 8.07 Å². The number of halogens is 1. The normalized spacial score (nSPS) is 15.9. The molecule has 164 valence electrons. The van der Waals surface area contributed by atoms with E-state index in [1.54, 1.807) is 18.0 Å². The summed E-state index contributed by atoms with van der Waals surface area (Å²) in [6.07, 6.45) is 1.73. The Morgan fingerprint density at radius 1 is 1.39 bits per heavy atom. The number of nitrogens with zero attached hydrogens (tertiary/aromatic N) is 4. The molecule has 10 heteroatoms. The number of hydrogen-bond acceptors (Lipinski definition) is 7. The number of nitriles is 1. The quantitative estimate of drug-likeness (QED) is 0.243. The van der Waals surface area contributed by atoms with E-state index in [0.29, 0.717) is 22.8 Å². The van der Waals surface area contributed by atoms with Crippen LogP contribution < -0.4 is 5.56 Å². The topological polar surface area (TPSA) is 80.3 Å². The summed E-state index contributed by atoms with van der Waals surface area (Å²) in [4.78, 5) is 18.4. The monoisotopic (exact) mass is 584 g/mol. The van der Waals surface area contributed by atoms with Gasteiger partial charge in [-0.15, -0.1) is 0 Å². The summed E-state index contributed by atoms with van der Waals surface area (Å²) in [5.74, 6) is 0.632. The highest BCUT2D eigenvalue weighted by Gasteiger charge is 2.24. The summed E-state index contributed by atoms with van der Waals surface area (Å²) in [6, 6.07) is 9.04. The third kappa shape index (κ3) is 6.68. The van der Waals surface area contributed by atoms with Gasteiger partial charge in [0.1, 0.15) is 11.1 Å². The van der Waals surface area contributed by atoms with Gasteiger partial charge in [-0.3, -0.25) is 9.79 Å². The fourth-order valence-corrected chi connectivity index (χ4v) is 6.42. The van der Waals surface area contributed by atoms with E-state index in [0.717, 1.165) is 25.1 Å². The first kappa shape index (κ1) is 24.5. The van der Waals surface area contributed by atoms with Crippen LogP contribution in [0.5, 0.6) is 0 Å². The first-order valence-corrected chi connectivity index (χ1v) is 16.5. The zero-order valence-corrected chi connectivity index (χ0v) is 22.8. The van der Waals surface area contributed by atoms with Crippen molar-refractivity contribution in [1.82, 2.24) is 9.78 Å². The summed E-state index contributed by atoms with van der Waals surface area (Å²) in [5.41, 5.74) is 2.36. The molecule has 0 amide bonds. The molecule has 6 nitrogen and oxygen atoms in total. The van der Waals surface area contributed by atoms with Crippen LogP contribution in [0.4, 0.5) is 0 Å². The predicted molar refractivity (Wildman–Crippen MR) is 139 cm³/mol. The predicted octanol–water partition coefficient (Wildman–Crippen LogP) is 5.49. The molecule has 0 spiro atoms. The van der Waals surface area contributed by atoms with Gasteiger partial charge >= 0.3 is 0 Å². The minimum absolute atomic E-state index is 0.131. The lowest BCUT2D eigenvalue weighted by Gasteiger charge is -2.20. The van der Waals surface area contributed by atoms with Crippen LogP contribution in [0.15, 0.2) is 39.1 Å². The maximum atomic E-state index is 13.0. The van der Waals surface area contributed by atoms with Gasteiger partial charge in [-0.1, -0.05) is 49.2 Å². The van der Waals surface area contributed by atoms with E-state index in [9.17, 15) is 10.1 Å². The standard InChI is InChI=1S/C21H25IN4O2S2Si/c1-14-18-11-24-26(13-28-7-8-31(2,3)4)20(27)19(18)30-21(25-14)29-12-15-5-6-17(22)9-16(15)10-23/h5-6,9,11,14H,7-8,12-13H2,1-4H3. The molecular weight excluding hydrogens is 559 g/mol. The van der Waals surface area contributed by atoms with Crippen LogP contribution in [-0.2, 0) is 17.2 Å². The third-order valence-electron chi connectivity index (χ3n) is 4.72. The molecule has 1 aromatic carbocycles. The molecule has 0 saturated heterocycles. The van der Waals surface area contributed by atoms with E-state index in [1.165, 1.54) is 16.4 Å². The second-order valence-electron chi connectivity index (χ2n) is 8.46. The Bertz CT molecular complexity index is 1090. The highest BCUT2D eigenvalue weighted by Crippen LogP contribution is 2.38. The molecule has 1 aliphatic heterocycles. The van der Waals surface area contributed by atoms with Crippen molar-refractivity contribution in [3.63, 3.8) is 0 Å². The average Bonchev–Trinajstić information content (AvgIpc) is 2.71. The molecule has 0 saturated carbocycles. The fourth-order valence-electron chi connectivity index (χ4n) is 2.83. The maximum absolute atomic E-state index is 13.0. The average molecular weight is 585 g/mol. The summed E-state index contributed by atoms with van der Waals surface area (Å²) < 4.78 is 8.98. The van der Waals surface area contributed by atoms with E-state index in [-0.39, 0.29) is 18.3 Å². The van der Waals surface area contributed by atoms with Crippen molar-refractivity contribution in [1.29, 1.82) is 5.26 Å². The molecule has 0 N–H and O–H groups in total. The van der Waals surface area contributed by atoms with Gasteiger partial charge in [0, 0.05) is 29.6 Å². The number of fused-ring (bicyclic) bond motifs is 1. The van der Waals surface area contributed by atoms with Crippen LogP contribution in [0.2, 0.25) is 25.7 Å². The Labute approximate surface area is 206 Å². The van der Waals surface area contributed by atoms with Crippen molar-refractivity contribution in [2.24, 2.45) is 4.99 Å². The molecule has 2 heterocycles. The van der Waals surface area contributed by atoms with Crippen molar-refractivity contribution in [2.75, 3.05) is 6.61 Å². The molecule has 1 aromatic heterocycles. The number of thioether (sulfide) groups is 2. The van der Waals surface area contributed by atoms with Gasteiger partial charge in [-0.2, -0.15) is 10.4 Å². The molecule has 1 unspecified atom stereocenters. The van der Waals surface area contributed by atoms with Crippen molar-refractivity contribution in [3.8, 4) is 6.07 Å². The highest BCUT2D eigenvalue weighted by atomic mass is 127. The lowest BCUT2D eigenvalue weighted by Crippen LogP contribution is -2.29. The second kappa shape index (κ2) is 10.7. The second-order valence-corrected chi connectivity index (χ2v) is 17.5.